The van der Waals surface area contributed by atoms with Crippen molar-refractivity contribution in [3.63, 3.8) is 0 Å². The Morgan fingerprint density at radius 2 is 2.17 bits per heavy atom. The Hall–Kier alpha value is -2.34. The lowest BCUT2D eigenvalue weighted by atomic mass is 10.2. The molecule has 2 heterocycles. The van der Waals surface area contributed by atoms with Gasteiger partial charge in [0.2, 0.25) is 0 Å². The number of nitrogens with one attached hydrogen (secondary N) is 1. The molecule has 4 rings (SSSR count). The van der Waals surface area contributed by atoms with Crippen molar-refractivity contribution in [3.05, 3.63) is 48.4 Å². The zero-order chi connectivity index (χ0) is 15.8. The molecule has 0 spiro atoms. The van der Waals surface area contributed by atoms with Crippen molar-refractivity contribution in [2.24, 2.45) is 0 Å². The van der Waals surface area contributed by atoms with Gasteiger partial charge in [-0.1, -0.05) is 6.07 Å². The summed E-state index contributed by atoms with van der Waals surface area (Å²) < 4.78 is 2.10. The first-order chi connectivity index (χ1) is 11.2. The molecule has 0 atom stereocenters. The number of nitrogens with zero attached hydrogens (tertiary/aromatic N) is 3. The third-order valence-corrected chi connectivity index (χ3v) is 4.67. The summed E-state index contributed by atoms with van der Waals surface area (Å²) in [5.41, 5.74) is 2.93. The molecular weight excluding hydrogens is 308 g/mol. The minimum absolute atomic E-state index is 0.168. The van der Waals surface area contributed by atoms with Gasteiger partial charge < -0.3 is 9.88 Å². The van der Waals surface area contributed by atoms with Crippen LogP contribution in [-0.4, -0.2) is 26.7 Å². The lowest BCUT2D eigenvalue weighted by Gasteiger charge is -2.06. The molecule has 3 aromatic rings. The highest BCUT2D eigenvalue weighted by atomic mass is 32.2. The number of benzene rings is 1. The summed E-state index contributed by atoms with van der Waals surface area (Å²) in [6.45, 7) is 0. The van der Waals surface area contributed by atoms with Gasteiger partial charge in [0.15, 0.2) is 5.65 Å². The van der Waals surface area contributed by atoms with Crippen LogP contribution in [0.2, 0.25) is 0 Å². The fraction of sp³-hybridized carbons (Fsp3) is 0.235. The molecule has 1 amide bonds. The molecular formula is C17H16N4OS. The molecule has 1 aliphatic carbocycles. The van der Waals surface area contributed by atoms with E-state index in [2.05, 4.69) is 19.9 Å². The summed E-state index contributed by atoms with van der Waals surface area (Å²) in [6, 6.07) is 10.1. The van der Waals surface area contributed by atoms with E-state index in [1.54, 1.807) is 24.0 Å². The molecule has 1 N–H and O–H groups in total. The molecule has 0 aliphatic heterocycles. The third kappa shape index (κ3) is 2.82. The summed E-state index contributed by atoms with van der Waals surface area (Å²) in [4.78, 5) is 22.3. The van der Waals surface area contributed by atoms with E-state index in [0.717, 1.165) is 21.7 Å². The topological polar surface area (TPSA) is 59.8 Å². The number of hydrogen-bond donors (Lipinski definition) is 1. The Labute approximate surface area is 138 Å². The van der Waals surface area contributed by atoms with Crippen LogP contribution < -0.4 is 5.32 Å². The number of fused-ring (bicyclic) bond motifs is 1. The Morgan fingerprint density at radius 3 is 2.96 bits per heavy atom. The fourth-order valence-corrected chi connectivity index (χ4v) is 3.03. The van der Waals surface area contributed by atoms with Crippen molar-refractivity contribution in [2.75, 3.05) is 11.6 Å². The van der Waals surface area contributed by atoms with Crippen molar-refractivity contribution in [2.45, 2.75) is 23.8 Å². The molecule has 5 nitrogen and oxygen atoms in total. The summed E-state index contributed by atoms with van der Waals surface area (Å²) in [7, 11) is 0. The maximum atomic E-state index is 12.4. The van der Waals surface area contributed by atoms with Gasteiger partial charge in [-0.2, -0.15) is 0 Å². The van der Waals surface area contributed by atoms with Gasteiger partial charge in [0.25, 0.3) is 5.91 Å². The number of hydrogen-bond acceptors (Lipinski definition) is 4. The van der Waals surface area contributed by atoms with E-state index in [0.29, 0.717) is 11.6 Å². The van der Waals surface area contributed by atoms with Crippen LogP contribution in [-0.2, 0) is 0 Å². The first kappa shape index (κ1) is 14.3. The van der Waals surface area contributed by atoms with Gasteiger partial charge in [-0.3, -0.25) is 4.79 Å². The van der Waals surface area contributed by atoms with Gasteiger partial charge in [0.1, 0.15) is 5.52 Å². The number of rotatable bonds is 4. The van der Waals surface area contributed by atoms with E-state index < -0.39 is 0 Å². The molecule has 0 saturated heterocycles. The number of thioether (sulfide) groups is 1. The van der Waals surface area contributed by atoms with Crippen molar-refractivity contribution in [3.8, 4) is 0 Å². The number of imidazole rings is 1. The molecule has 1 saturated carbocycles. The van der Waals surface area contributed by atoms with Crippen LogP contribution in [0.1, 0.15) is 29.2 Å². The molecule has 0 unspecified atom stereocenters. The van der Waals surface area contributed by atoms with E-state index in [4.69, 9.17) is 0 Å². The Kier molecular flexibility index (Phi) is 3.53. The SMILES string of the molecule is CSc1cccc(NC(=O)c2cnc3c(c2)ncn3C2CC2)c1. The minimum Gasteiger partial charge on any atom is -0.322 e. The average molecular weight is 324 g/mol. The predicted octanol–water partition coefficient (Wildman–Crippen LogP) is 3.74. The van der Waals surface area contributed by atoms with E-state index in [1.807, 2.05) is 36.8 Å². The summed E-state index contributed by atoms with van der Waals surface area (Å²) in [5.74, 6) is -0.168. The number of pyridine rings is 1. The van der Waals surface area contributed by atoms with Gasteiger partial charge in [0, 0.05) is 22.8 Å². The molecule has 1 fully saturated rings. The average Bonchev–Trinajstić information content (AvgIpc) is 3.34. The largest absolute Gasteiger partial charge is 0.322 e. The maximum Gasteiger partial charge on any atom is 0.257 e. The molecule has 116 valence electrons. The van der Waals surface area contributed by atoms with E-state index in [9.17, 15) is 4.79 Å². The third-order valence-electron chi connectivity index (χ3n) is 3.94. The highest BCUT2D eigenvalue weighted by Crippen LogP contribution is 2.36. The van der Waals surface area contributed by atoms with E-state index >= 15 is 0 Å². The second-order valence-electron chi connectivity index (χ2n) is 5.64. The standard InChI is InChI=1S/C17H16N4OS/c1-23-14-4-2-3-12(8-14)20-17(22)11-7-15-16(18-9-11)21(10-19-15)13-5-6-13/h2-4,7-10,13H,5-6H2,1H3,(H,20,22). The number of aromatic nitrogens is 3. The minimum atomic E-state index is -0.168. The Morgan fingerprint density at radius 1 is 1.30 bits per heavy atom. The number of carbonyl (C=O) groups is 1. The van der Waals surface area contributed by atoms with Crippen LogP contribution in [0.3, 0.4) is 0 Å². The molecule has 1 aromatic carbocycles. The van der Waals surface area contributed by atoms with Crippen molar-refractivity contribution >= 4 is 34.5 Å². The van der Waals surface area contributed by atoms with Crippen LogP contribution in [0, 0.1) is 0 Å². The van der Waals surface area contributed by atoms with Gasteiger partial charge in [-0.15, -0.1) is 11.8 Å². The summed E-state index contributed by atoms with van der Waals surface area (Å²) >= 11 is 1.64. The second kappa shape index (κ2) is 5.70. The second-order valence-corrected chi connectivity index (χ2v) is 6.52. The van der Waals surface area contributed by atoms with Crippen LogP contribution >= 0.6 is 11.8 Å². The normalized spacial score (nSPS) is 14.1. The zero-order valence-electron chi connectivity index (χ0n) is 12.7. The van der Waals surface area contributed by atoms with Crippen LogP contribution in [0.15, 0.2) is 47.8 Å². The first-order valence-electron chi connectivity index (χ1n) is 7.52. The van der Waals surface area contributed by atoms with Gasteiger partial charge in [-0.05, 0) is 43.4 Å². The lowest BCUT2D eigenvalue weighted by molar-refractivity contribution is 0.102. The summed E-state index contributed by atoms with van der Waals surface area (Å²) in [5, 5.41) is 2.91. The Bertz CT molecular complexity index is 885. The number of amides is 1. The molecule has 0 bridgehead atoms. The lowest BCUT2D eigenvalue weighted by Crippen LogP contribution is -2.12. The van der Waals surface area contributed by atoms with Gasteiger partial charge in [0.05, 0.1) is 11.9 Å². The summed E-state index contributed by atoms with van der Waals surface area (Å²) in [6.07, 6.45) is 7.81. The highest BCUT2D eigenvalue weighted by molar-refractivity contribution is 7.98. The van der Waals surface area contributed by atoms with Crippen LogP contribution in [0.25, 0.3) is 11.2 Å². The van der Waals surface area contributed by atoms with Crippen LogP contribution in [0.5, 0.6) is 0 Å². The number of carbonyl (C=O) groups excluding carboxylic acids is 1. The highest BCUT2D eigenvalue weighted by Gasteiger charge is 2.25. The molecule has 23 heavy (non-hydrogen) atoms. The monoisotopic (exact) mass is 324 g/mol. The Balaban J connectivity index is 1.59. The van der Waals surface area contributed by atoms with E-state index in [1.165, 1.54) is 12.8 Å². The molecule has 6 heteroatoms. The quantitative estimate of drug-likeness (QED) is 0.743. The fourth-order valence-electron chi connectivity index (χ4n) is 2.57. The van der Waals surface area contributed by atoms with Crippen molar-refractivity contribution in [1.82, 2.24) is 14.5 Å². The molecule has 1 aliphatic rings. The number of anilines is 1. The van der Waals surface area contributed by atoms with Gasteiger partial charge in [-0.25, -0.2) is 9.97 Å². The van der Waals surface area contributed by atoms with Crippen molar-refractivity contribution in [1.29, 1.82) is 0 Å². The first-order valence-corrected chi connectivity index (χ1v) is 8.75. The predicted molar refractivity (Wildman–Crippen MR) is 92.0 cm³/mol. The van der Waals surface area contributed by atoms with Gasteiger partial charge >= 0.3 is 0 Å². The van der Waals surface area contributed by atoms with Crippen molar-refractivity contribution < 1.29 is 4.79 Å². The smallest absolute Gasteiger partial charge is 0.257 e. The van der Waals surface area contributed by atoms with Crippen LogP contribution in [0.4, 0.5) is 5.69 Å². The van der Waals surface area contributed by atoms with E-state index in [-0.39, 0.29) is 5.91 Å². The maximum absolute atomic E-state index is 12.4. The zero-order valence-corrected chi connectivity index (χ0v) is 13.5. The molecule has 2 aromatic heterocycles. The molecule has 0 radical (unpaired) electrons.